The van der Waals surface area contributed by atoms with E-state index in [2.05, 4.69) is 32.2 Å². The average Bonchev–Trinajstić information content (AvgIpc) is 2.64. The molecule has 1 amide bonds. The van der Waals surface area contributed by atoms with Crippen LogP contribution in [0.5, 0.6) is 5.75 Å². The lowest BCUT2D eigenvalue weighted by atomic mass is 9.50. The van der Waals surface area contributed by atoms with Crippen LogP contribution in [-0.2, 0) is 9.47 Å². The molecular weight excluding hydrogens is 342 g/mol. The molecule has 1 aromatic carbocycles. The number of carbonyl (C=O) groups excluding carboxylic acids is 1. The third kappa shape index (κ3) is 2.82. The summed E-state index contributed by atoms with van der Waals surface area (Å²) in [6.07, 6.45) is 1.56. The highest BCUT2D eigenvalue weighted by Crippen LogP contribution is 2.63. The Morgan fingerprint density at radius 2 is 2.11 bits per heavy atom. The number of rotatable bonds is 4. The Balaban J connectivity index is 1.61. The molecule has 0 spiro atoms. The van der Waals surface area contributed by atoms with Gasteiger partial charge in [-0.25, -0.2) is 4.79 Å². The first-order valence-electron chi connectivity index (χ1n) is 10.2. The summed E-state index contributed by atoms with van der Waals surface area (Å²) in [6, 6.07) is 8.24. The van der Waals surface area contributed by atoms with E-state index in [0.717, 1.165) is 24.2 Å². The third-order valence-corrected chi connectivity index (χ3v) is 7.26. The summed E-state index contributed by atoms with van der Waals surface area (Å²) in [5.41, 5.74) is 0.725. The monoisotopic (exact) mass is 373 g/mol. The highest BCUT2D eigenvalue weighted by molar-refractivity contribution is 5.67. The molecule has 0 unspecified atom stereocenters. The fourth-order valence-corrected chi connectivity index (χ4v) is 5.73. The first-order chi connectivity index (χ1) is 12.9. The number of fused-ring (bicyclic) bond motifs is 3. The molecule has 2 fully saturated rings. The molecule has 5 heteroatoms. The van der Waals surface area contributed by atoms with E-state index < -0.39 is 0 Å². The van der Waals surface area contributed by atoms with E-state index in [0.29, 0.717) is 31.6 Å². The van der Waals surface area contributed by atoms with E-state index in [1.807, 2.05) is 25.1 Å². The van der Waals surface area contributed by atoms with Crippen LogP contribution in [-0.4, -0.2) is 31.5 Å². The van der Waals surface area contributed by atoms with Crippen molar-refractivity contribution in [2.75, 3.05) is 19.8 Å². The summed E-state index contributed by atoms with van der Waals surface area (Å²) in [5.74, 6) is 1.86. The topological polar surface area (TPSA) is 56.8 Å². The van der Waals surface area contributed by atoms with Crippen molar-refractivity contribution < 1.29 is 19.0 Å². The molecule has 0 aromatic heterocycles. The number of ether oxygens (including phenoxy) is 3. The fraction of sp³-hybridized carbons (Fsp3) is 0.682. The quantitative estimate of drug-likeness (QED) is 0.854. The lowest BCUT2D eigenvalue weighted by Gasteiger charge is -2.63. The van der Waals surface area contributed by atoms with Crippen molar-refractivity contribution >= 4 is 6.09 Å². The summed E-state index contributed by atoms with van der Waals surface area (Å²) in [5, 5.41) is 2.81. The fourth-order valence-electron chi connectivity index (χ4n) is 5.73. The maximum Gasteiger partial charge on any atom is 0.407 e. The molecule has 2 bridgehead atoms. The summed E-state index contributed by atoms with van der Waals surface area (Å²) in [4.78, 5) is 12.0. The number of benzene rings is 1. The number of hydrogen-bond donors (Lipinski definition) is 1. The molecule has 2 heterocycles. The van der Waals surface area contributed by atoms with Crippen molar-refractivity contribution in [1.82, 2.24) is 5.32 Å². The van der Waals surface area contributed by atoms with Crippen LogP contribution in [0, 0.1) is 23.2 Å². The van der Waals surface area contributed by atoms with Crippen LogP contribution in [0.1, 0.15) is 52.2 Å². The zero-order valence-electron chi connectivity index (χ0n) is 16.8. The van der Waals surface area contributed by atoms with Gasteiger partial charge in [-0.15, -0.1) is 0 Å². The van der Waals surface area contributed by atoms with Crippen LogP contribution in [0.2, 0.25) is 0 Å². The third-order valence-electron chi connectivity index (χ3n) is 7.26. The van der Waals surface area contributed by atoms with Crippen LogP contribution in [0.4, 0.5) is 4.79 Å². The van der Waals surface area contributed by atoms with Gasteiger partial charge in [-0.05, 0) is 37.7 Å². The van der Waals surface area contributed by atoms with Gasteiger partial charge in [0.2, 0.25) is 0 Å². The molecule has 4 rings (SSSR count). The largest absolute Gasteiger partial charge is 0.487 e. The van der Waals surface area contributed by atoms with Crippen molar-refractivity contribution in [2.45, 2.75) is 52.2 Å². The van der Waals surface area contributed by atoms with Crippen molar-refractivity contribution in [1.29, 1.82) is 0 Å². The molecular formula is C22H31NO4. The maximum atomic E-state index is 12.0. The zero-order chi connectivity index (χ0) is 19.2. The van der Waals surface area contributed by atoms with Crippen molar-refractivity contribution in [3.05, 3.63) is 29.8 Å². The zero-order valence-corrected chi connectivity index (χ0v) is 16.8. The summed E-state index contributed by atoms with van der Waals surface area (Å²) in [7, 11) is 0. The molecule has 27 heavy (non-hydrogen) atoms. The molecule has 1 aromatic rings. The average molecular weight is 373 g/mol. The first kappa shape index (κ1) is 18.6. The predicted molar refractivity (Wildman–Crippen MR) is 103 cm³/mol. The molecule has 148 valence electrons. The van der Waals surface area contributed by atoms with E-state index in [-0.39, 0.29) is 29.1 Å². The van der Waals surface area contributed by atoms with Crippen LogP contribution in [0.25, 0.3) is 0 Å². The van der Waals surface area contributed by atoms with Crippen LogP contribution < -0.4 is 10.1 Å². The van der Waals surface area contributed by atoms with Crippen molar-refractivity contribution in [2.24, 2.45) is 23.2 Å². The minimum Gasteiger partial charge on any atom is -0.487 e. The van der Waals surface area contributed by atoms with Gasteiger partial charge in [0.25, 0.3) is 0 Å². The molecule has 5 nitrogen and oxygen atoms in total. The number of hydrogen-bond acceptors (Lipinski definition) is 4. The molecule has 1 aliphatic carbocycles. The predicted octanol–water partition coefficient (Wildman–Crippen LogP) is 4.32. The van der Waals surface area contributed by atoms with Gasteiger partial charge in [-0.1, -0.05) is 39.0 Å². The summed E-state index contributed by atoms with van der Waals surface area (Å²) < 4.78 is 18.7. The molecule has 0 radical (unpaired) electrons. The van der Waals surface area contributed by atoms with Gasteiger partial charge in [-0.3, -0.25) is 0 Å². The van der Waals surface area contributed by atoms with E-state index in [1.165, 1.54) is 0 Å². The Hall–Kier alpha value is -1.75. The van der Waals surface area contributed by atoms with Crippen LogP contribution >= 0.6 is 0 Å². The molecule has 1 saturated heterocycles. The van der Waals surface area contributed by atoms with E-state index in [1.54, 1.807) is 0 Å². The molecule has 1 N–H and O–H groups in total. The smallest absolute Gasteiger partial charge is 0.407 e. The Labute approximate surface area is 161 Å². The number of nitrogens with one attached hydrogen (secondary N) is 1. The second-order valence-electron chi connectivity index (χ2n) is 8.84. The second-order valence-corrected chi connectivity index (χ2v) is 8.84. The van der Waals surface area contributed by atoms with Gasteiger partial charge >= 0.3 is 6.09 Å². The van der Waals surface area contributed by atoms with Gasteiger partial charge in [0.15, 0.2) is 0 Å². The molecule has 2 aliphatic heterocycles. The van der Waals surface area contributed by atoms with Gasteiger partial charge < -0.3 is 19.5 Å². The highest BCUT2D eigenvalue weighted by Gasteiger charge is 2.64. The lowest BCUT2D eigenvalue weighted by molar-refractivity contribution is -0.259. The van der Waals surface area contributed by atoms with Gasteiger partial charge in [-0.2, -0.15) is 0 Å². The van der Waals surface area contributed by atoms with Gasteiger partial charge in [0, 0.05) is 23.4 Å². The van der Waals surface area contributed by atoms with E-state index in [4.69, 9.17) is 14.2 Å². The van der Waals surface area contributed by atoms with Gasteiger partial charge in [0.1, 0.15) is 18.0 Å². The molecule has 1 saturated carbocycles. The summed E-state index contributed by atoms with van der Waals surface area (Å²) in [6.45, 7) is 10.4. The van der Waals surface area contributed by atoms with E-state index in [9.17, 15) is 4.79 Å². The normalized spacial score (nSPS) is 39.1. The first-order valence-corrected chi connectivity index (χ1v) is 10.2. The van der Waals surface area contributed by atoms with Crippen molar-refractivity contribution in [3.8, 4) is 5.75 Å². The Morgan fingerprint density at radius 1 is 1.33 bits per heavy atom. The van der Waals surface area contributed by atoms with Crippen molar-refractivity contribution in [3.63, 3.8) is 0 Å². The summed E-state index contributed by atoms with van der Waals surface area (Å²) >= 11 is 0. The Morgan fingerprint density at radius 3 is 2.89 bits per heavy atom. The number of amides is 1. The molecule has 6 atom stereocenters. The second kappa shape index (κ2) is 6.69. The SMILES string of the molecule is CCCNC(=O)OC[C@@]12CO[C@@H]3c4ccccc4O[C@](C)(C[C@H]1C)[C@H]3[C@@H]2C. The van der Waals surface area contributed by atoms with Gasteiger partial charge in [0.05, 0.1) is 12.7 Å². The number of para-hydroxylation sites is 1. The minimum atomic E-state index is -0.327. The number of carbonyl (C=O) groups is 1. The Kier molecular flexibility index (Phi) is 4.61. The van der Waals surface area contributed by atoms with E-state index >= 15 is 0 Å². The number of alkyl carbamates (subject to hydrolysis) is 1. The Bertz CT molecular complexity index is 722. The highest BCUT2D eigenvalue weighted by atomic mass is 16.6. The standard InChI is InChI=1S/C22H31NO4/c1-5-10-23-20(24)26-13-22-12-25-19-16-8-6-7-9-17(16)27-21(4,11-14(22)2)18(19)15(22)3/h6-9,14-15,18-19H,5,10-13H2,1-4H3,(H,23,24)/t14-,15+,18+,19-,21-,22+/m1/s1. The molecule has 3 aliphatic rings. The lowest BCUT2D eigenvalue weighted by Crippen LogP contribution is -2.66. The van der Waals surface area contributed by atoms with Crippen LogP contribution in [0.15, 0.2) is 24.3 Å². The minimum absolute atomic E-state index is 0.0458. The maximum absolute atomic E-state index is 12.0. The van der Waals surface area contributed by atoms with Crippen LogP contribution in [0.3, 0.4) is 0 Å².